The SMILES string of the molecule is O=C(/C=C/c1ccccc1)NCc1cccc(NC(=O)N2CCCC2)c1. The van der Waals surface area contributed by atoms with Crippen LogP contribution in [-0.4, -0.2) is 29.9 Å². The van der Waals surface area contributed by atoms with Gasteiger partial charge in [-0.1, -0.05) is 42.5 Å². The van der Waals surface area contributed by atoms with Crippen LogP contribution in [0.1, 0.15) is 24.0 Å². The third-order valence-corrected chi connectivity index (χ3v) is 4.27. The smallest absolute Gasteiger partial charge is 0.321 e. The number of benzene rings is 2. The molecule has 0 spiro atoms. The Balaban J connectivity index is 1.51. The molecule has 0 aliphatic carbocycles. The molecule has 0 aromatic heterocycles. The van der Waals surface area contributed by atoms with Crippen molar-refractivity contribution in [2.24, 2.45) is 0 Å². The van der Waals surface area contributed by atoms with Crippen LogP contribution >= 0.6 is 0 Å². The minimum absolute atomic E-state index is 0.0607. The minimum atomic E-state index is -0.152. The molecule has 26 heavy (non-hydrogen) atoms. The van der Waals surface area contributed by atoms with Crippen molar-refractivity contribution in [1.29, 1.82) is 0 Å². The fourth-order valence-electron chi connectivity index (χ4n) is 2.87. The molecule has 0 unspecified atom stereocenters. The van der Waals surface area contributed by atoms with Gasteiger partial charge in [0.05, 0.1) is 0 Å². The first-order valence-electron chi connectivity index (χ1n) is 8.86. The normalized spacial score (nSPS) is 13.8. The summed E-state index contributed by atoms with van der Waals surface area (Å²) in [7, 11) is 0. The van der Waals surface area contributed by atoms with E-state index in [1.807, 2.05) is 59.5 Å². The molecule has 2 aromatic rings. The molecule has 3 amide bonds. The van der Waals surface area contributed by atoms with E-state index in [0.29, 0.717) is 6.54 Å². The first kappa shape index (κ1) is 17.7. The van der Waals surface area contributed by atoms with Crippen LogP contribution in [-0.2, 0) is 11.3 Å². The standard InChI is InChI=1S/C21H23N3O2/c25-20(12-11-17-7-2-1-3-8-17)22-16-18-9-6-10-19(15-18)23-21(26)24-13-4-5-14-24/h1-3,6-12,15H,4-5,13-14,16H2,(H,22,25)(H,23,26)/b12-11+. The van der Waals surface area contributed by atoms with Crippen molar-refractivity contribution in [2.75, 3.05) is 18.4 Å². The van der Waals surface area contributed by atoms with Gasteiger partial charge in [-0.15, -0.1) is 0 Å². The highest BCUT2D eigenvalue weighted by atomic mass is 16.2. The molecule has 2 aromatic carbocycles. The van der Waals surface area contributed by atoms with E-state index in [0.717, 1.165) is 42.7 Å². The number of carbonyl (C=O) groups excluding carboxylic acids is 2. The van der Waals surface area contributed by atoms with E-state index in [1.54, 1.807) is 6.08 Å². The largest absolute Gasteiger partial charge is 0.348 e. The summed E-state index contributed by atoms with van der Waals surface area (Å²) in [5.74, 6) is -0.152. The van der Waals surface area contributed by atoms with Crippen molar-refractivity contribution in [3.63, 3.8) is 0 Å². The Labute approximate surface area is 153 Å². The lowest BCUT2D eigenvalue weighted by atomic mass is 10.2. The molecule has 1 fully saturated rings. The van der Waals surface area contributed by atoms with Crippen LogP contribution in [0.15, 0.2) is 60.7 Å². The van der Waals surface area contributed by atoms with Gasteiger partial charge >= 0.3 is 6.03 Å². The summed E-state index contributed by atoms with van der Waals surface area (Å²) in [6, 6.07) is 17.2. The Morgan fingerprint density at radius 1 is 1.00 bits per heavy atom. The summed E-state index contributed by atoms with van der Waals surface area (Å²) < 4.78 is 0. The van der Waals surface area contributed by atoms with Gasteiger partial charge in [0.2, 0.25) is 5.91 Å². The van der Waals surface area contributed by atoms with Gasteiger partial charge in [-0.25, -0.2) is 4.79 Å². The molecular formula is C21H23N3O2. The van der Waals surface area contributed by atoms with Crippen LogP contribution in [0.2, 0.25) is 0 Å². The highest BCUT2D eigenvalue weighted by molar-refractivity contribution is 5.92. The second kappa shape index (κ2) is 8.85. The number of hydrogen-bond donors (Lipinski definition) is 2. The Bertz CT molecular complexity index is 781. The maximum Gasteiger partial charge on any atom is 0.321 e. The van der Waals surface area contributed by atoms with Crippen molar-refractivity contribution in [3.8, 4) is 0 Å². The molecule has 5 heteroatoms. The maximum absolute atomic E-state index is 12.1. The van der Waals surface area contributed by atoms with Crippen molar-refractivity contribution in [3.05, 3.63) is 71.8 Å². The molecule has 0 saturated carbocycles. The summed E-state index contributed by atoms with van der Waals surface area (Å²) in [6.07, 6.45) is 5.43. The lowest BCUT2D eigenvalue weighted by molar-refractivity contribution is -0.116. The van der Waals surface area contributed by atoms with Gasteiger partial charge in [0.25, 0.3) is 0 Å². The van der Waals surface area contributed by atoms with Crippen molar-refractivity contribution < 1.29 is 9.59 Å². The molecule has 3 rings (SSSR count). The summed E-state index contributed by atoms with van der Waals surface area (Å²) in [5, 5.41) is 5.77. The van der Waals surface area contributed by atoms with Gasteiger partial charge in [0.15, 0.2) is 0 Å². The second-order valence-electron chi connectivity index (χ2n) is 6.29. The molecule has 0 bridgehead atoms. The summed E-state index contributed by atoms with van der Waals surface area (Å²) in [4.78, 5) is 25.9. The van der Waals surface area contributed by atoms with Crippen LogP contribution in [0.4, 0.5) is 10.5 Å². The van der Waals surface area contributed by atoms with Gasteiger partial charge in [-0.05, 0) is 42.2 Å². The van der Waals surface area contributed by atoms with Crippen LogP contribution in [0.3, 0.4) is 0 Å². The number of hydrogen-bond acceptors (Lipinski definition) is 2. The molecule has 2 N–H and O–H groups in total. The fourth-order valence-corrected chi connectivity index (χ4v) is 2.87. The van der Waals surface area contributed by atoms with Crippen molar-refractivity contribution >= 4 is 23.7 Å². The molecule has 5 nitrogen and oxygen atoms in total. The zero-order valence-corrected chi connectivity index (χ0v) is 14.7. The van der Waals surface area contributed by atoms with E-state index in [2.05, 4.69) is 10.6 Å². The highest BCUT2D eigenvalue weighted by Gasteiger charge is 2.17. The van der Waals surface area contributed by atoms with Crippen LogP contribution in [0.5, 0.6) is 0 Å². The first-order chi connectivity index (χ1) is 12.7. The van der Waals surface area contributed by atoms with Gasteiger partial charge in [0.1, 0.15) is 0 Å². The molecule has 1 aliphatic heterocycles. The maximum atomic E-state index is 12.1. The Morgan fingerprint density at radius 3 is 2.54 bits per heavy atom. The molecular weight excluding hydrogens is 326 g/mol. The molecule has 134 valence electrons. The summed E-state index contributed by atoms with van der Waals surface area (Å²) in [5.41, 5.74) is 2.66. The monoisotopic (exact) mass is 349 g/mol. The van der Waals surface area contributed by atoms with E-state index in [9.17, 15) is 9.59 Å². The molecule has 1 aliphatic rings. The topological polar surface area (TPSA) is 61.4 Å². The van der Waals surface area contributed by atoms with Gasteiger partial charge in [-0.2, -0.15) is 0 Å². The average molecular weight is 349 g/mol. The molecule has 0 radical (unpaired) electrons. The zero-order chi connectivity index (χ0) is 18.2. The first-order valence-corrected chi connectivity index (χ1v) is 8.86. The number of rotatable bonds is 5. The van der Waals surface area contributed by atoms with E-state index >= 15 is 0 Å². The predicted octanol–water partition coefficient (Wildman–Crippen LogP) is 3.64. The Hall–Kier alpha value is -3.08. The predicted molar refractivity (Wildman–Crippen MR) is 104 cm³/mol. The third kappa shape index (κ3) is 5.21. The number of anilines is 1. The van der Waals surface area contributed by atoms with E-state index < -0.39 is 0 Å². The van der Waals surface area contributed by atoms with E-state index in [4.69, 9.17) is 0 Å². The second-order valence-corrected chi connectivity index (χ2v) is 6.29. The zero-order valence-electron chi connectivity index (χ0n) is 14.7. The van der Waals surface area contributed by atoms with E-state index in [-0.39, 0.29) is 11.9 Å². The minimum Gasteiger partial charge on any atom is -0.348 e. The highest BCUT2D eigenvalue weighted by Crippen LogP contribution is 2.14. The summed E-state index contributed by atoms with van der Waals surface area (Å²) in [6.45, 7) is 2.04. The number of nitrogens with one attached hydrogen (secondary N) is 2. The summed E-state index contributed by atoms with van der Waals surface area (Å²) >= 11 is 0. The quantitative estimate of drug-likeness (QED) is 0.810. The van der Waals surface area contributed by atoms with Gasteiger partial charge in [-0.3, -0.25) is 4.79 Å². The fraction of sp³-hybridized carbons (Fsp3) is 0.238. The van der Waals surface area contributed by atoms with E-state index in [1.165, 1.54) is 6.08 Å². The number of urea groups is 1. The lowest BCUT2D eigenvalue weighted by Crippen LogP contribution is -2.32. The number of nitrogens with zero attached hydrogens (tertiary/aromatic N) is 1. The number of likely N-dealkylation sites (tertiary alicyclic amines) is 1. The van der Waals surface area contributed by atoms with Crippen LogP contribution < -0.4 is 10.6 Å². The van der Waals surface area contributed by atoms with Gasteiger partial charge in [0, 0.05) is 31.4 Å². The Morgan fingerprint density at radius 2 is 1.77 bits per heavy atom. The molecule has 1 heterocycles. The third-order valence-electron chi connectivity index (χ3n) is 4.27. The van der Waals surface area contributed by atoms with Gasteiger partial charge < -0.3 is 15.5 Å². The van der Waals surface area contributed by atoms with Crippen LogP contribution in [0.25, 0.3) is 6.08 Å². The molecule has 0 atom stereocenters. The van der Waals surface area contributed by atoms with Crippen molar-refractivity contribution in [2.45, 2.75) is 19.4 Å². The number of carbonyl (C=O) groups is 2. The lowest BCUT2D eigenvalue weighted by Gasteiger charge is -2.16. The molecule has 1 saturated heterocycles. The van der Waals surface area contributed by atoms with Crippen LogP contribution in [0, 0.1) is 0 Å². The Kier molecular flexibility index (Phi) is 6.04. The number of amides is 3. The van der Waals surface area contributed by atoms with Crippen molar-refractivity contribution in [1.82, 2.24) is 10.2 Å². The average Bonchev–Trinajstić information content (AvgIpc) is 3.21.